The topological polar surface area (TPSA) is 104 Å². The Morgan fingerprint density at radius 3 is 2.76 bits per heavy atom. The third-order valence-corrected chi connectivity index (χ3v) is 3.18. The van der Waals surface area contributed by atoms with E-state index in [1.165, 1.54) is 0 Å². The average Bonchev–Trinajstić information content (AvgIpc) is 2.99. The molecule has 0 saturated carbocycles. The molecule has 0 fully saturated rings. The maximum atomic E-state index is 11.2. The number of nitro groups is 1. The lowest BCUT2D eigenvalue weighted by Crippen LogP contribution is -2.13. The lowest BCUT2D eigenvalue weighted by Gasteiger charge is -2.12. The van der Waals surface area contributed by atoms with Gasteiger partial charge in [-0.15, -0.1) is 10.2 Å². The SMILES string of the molecule is CCn1cnnc1CNc1c([N+](=O)[O-])c(C)nn1C(C)C. The Bertz CT molecular complexity index is 644. The highest BCUT2D eigenvalue weighted by Crippen LogP contribution is 2.30. The normalized spacial score (nSPS) is 11.1. The van der Waals surface area contributed by atoms with E-state index in [0.29, 0.717) is 18.1 Å². The Morgan fingerprint density at radius 1 is 1.48 bits per heavy atom. The van der Waals surface area contributed by atoms with E-state index in [4.69, 9.17) is 0 Å². The second-order valence-electron chi connectivity index (χ2n) is 4.96. The van der Waals surface area contributed by atoms with Crippen LogP contribution in [0.5, 0.6) is 0 Å². The van der Waals surface area contributed by atoms with Gasteiger partial charge in [0.05, 0.1) is 11.5 Å². The summed E-state index contributed by atoms with van der Waals surface area (Å²) in [5, 5.41) is 26.4. The molecule has 21 heavy (non-hydrogen) atoms. The number of rotatable bonds is 6. The van der Waals surface area contributed by atoms with Crippen molar-refractivity contribution in [3.8, 4) is 0 Å². The van der Waals surface area contributed by atoms with Gasteiger partial charge in [0, 0.05) is 12.6 Å². The van der Waals surface area contributed by atoms with Crippen LogP contribution < -0.4 is 5.32 Å². The molecule has 9 heteroatoms. The van der Waals surface area contributed by atoms with Crippen molar-refractivity contribution < 1.29 is 4.92 Å². The van der Waals surface area contributed by atoms with E-state index >= 15 is 0 Å². The molecule has 1 N–H and O–H groups in total. The van der Waals surface area contributed by atoms with E-state index in [2.05, 4.69) is 20.6 Å². The highest BCUT2D eigenvalue weighted by atomic mass is 16.6. The molecule has 0 amide bonds. The molecule has 0 aromatic carbocycles. The number of aryl methyl sites for hydroxylation is 2. The van der Waals surface area contributed by atoms with Gasteiger partial charge in [0.1, 0.15) is 12.0 Å². The first-order chi connectivity index (χ1) is 9.95. The monoisotopic (exact) mass is 293 g/mol. The maximum absolute atomic E-state index is 11.2. The van der Waals surface area contributed by atoms with E-state index in [1.54, 1.807) is 17.9 Å². The zero-order chi connectivity index (χ0) is 15.6. The summed E-state index contributed by atoms with van der Waals surface area (Å²) in [6.45, 7) is 8.57. The molecule has 0 aliphatic rings. The van der Waals surface area contributed by atoms with Crippen LogP contribution in [-0.4, -0.2) is 29.5 Å². The van der Waals surface area contributed by atoms with Gasteiger partial charge < -0.3 is 9.88 Å². The molecule has 114 valence electrons. The number of hydrogen-bond acceptors (Lipinski definition) is 6. The third-order valence-electron chi connectivity index (χ3n) is 3.18. The fraction of sp³-hybridized carbons (Fsp3) is 0.583. The van der Waals surface area contributed by atoms with Crippen LogP contribution in [0.4, 0.5) is 11.5 Å². The standard InChI is InChI=1S/C12H19N7O2/c1-5-17-7-14-15-10(17)6-13-12-11(19(20)21)9(4)16-18(12)8(2)3/h7-8,13H,5-6H2,1-4H3. The number of nitrogens with zero attached hydrogens (tertiary/aromatic N) is 6. The van der Waals surface area contributed by atoms with E-state index in [0.717, 1.165) is 12.4 Å². The summed E-state index contributed by atoms with van der Waals surface area (Å²) in [6.07, 6.45) is 1.64. The van der Waals surface area contributed by atoms with Crippen LogP contribution in [0.25, 0.3) is 0 Å². The molecule has 2 aromatic rings. The first-order valence-electron chi connectivity index (χ1n) is 6.79. The van der Waals surface area contributed by atoms with Crippen molar-refractivity contribution >= 4 is 11.5 Å². The van der Waals surface area contributed by atoms with E-state index in [9.17, 15) is 10.1 Å². The number of anilines is 1. The highest BCUT2D eigenvalue weighted by Gasteiger charge is 2.26. The van der Waals surface area contributed by atoms with Gasteiger partial charge >= 0.3 is 5.69 Å². The second-order valence-corrected chi connectivity index (χ2v) is 4.96. The molecule has 0 unspecified atom stereocenters. The number of hydrogen-bond donors (Lipinski definition) is 1. The van der Waals surface area contributed by atoms with Gasteiger partial charge in [0.25, 0.3) is 0 Å². The summed E-state index contributed by atoms with van der Waals surface area (Å²) in [5.74, 6) is 1.12. The minimum atomic E-state index is -0.409. The Hall–Kier alpha value is -2.45. The Morgan fingerprint density at radius 2 is 2.19 bits per heavy atom. The average molecular weight is 293 g/mol. The molecular formula is C12H19N7O2. The fourth-order valence-electron chi connectivity index (χ4n) is 2.14. The molecule has 0 saturated heterocycles. The molecule has 2 aromatic heterocycles. The molecule has 2 heterocycles. The van der Waals surface area contributed by atoms with Crippen molar-refractivity contribution in [2.45, 2.75) is 46.8 Å². The number of aromatic nitrogens is 5. The van der Waals surface area contributed by atoms with E-state index < -0.39 is 4.92 Å². The predicted molar refractivity (Wildman–Crippen MR) is 77.0 cm³/mol. The summed E-state index contributed by atoms with van der Waals surface area (Å²) in [4.78, 5) is 10.8. The molecule has 0 spiro atoms. The van der Waals surface area contributed by atoms with Crippen LogP contribution in [0.3, 0.4) is 0 Å². The van der Waals surface area contributed by atoms with Crippen LogP contribution in [0.1, 0.15) is 38.3 Å². The highest BCUT2D eigenvalue weighted by molar-refractivity contribution is 5.59. The Balaban J connectivity index is 2.32. The Kier molecular flexibility index (Phi) is 4.20. The van der Waals surface area contributed by atoms with E-state index in [1.807, 2.05) is 25.3 Å². The molecular weight excluding hydrogens is 274 g/mol. The van der Waals surface area contributed by atoms with Gasteiger partial charge in [-0.25, -0.2) is 4.68 Å². The minimum absolute atomic E-state index is 0.00580. The smallest absolute Gasteiger partial charge is 0.333 e. The third kappa shape index (κ3) is 2.86. The molecule has 9 nitrogen and oxygen atoms in total. The maximum Gasteiger partial charge on any atom is 0.333 e. The van der Waals surface area contributed by atoms with Gasteiger partial charge in [0.15, 0.2) is 5.82 Å². The van der Waals surface area contributed by atoms with Crippen molar-refractivity contribution in [1.82, 2.24) is 24.5 Å². The predicted octanol–water partition coefficient (Wildman–Crippen LogP) is 1.90. The molecule has 0 atom stereocenters. The summed E-state index contributed by atoms with van der Waals surface area (Å²) < 4.78 is 3.50. The van der Waals surface area contributed by atoms with Gasteiger partial charge in [-0.1, -0.05) is 0 Å². The number of nitrogens with one attached hydrogen (secondary N) is 1. The van der Waals surface area contributed by atoms with Crippen molar-refractivity contribution in [3.63, 3.8) is 0 Å². The molecule has 0 bridgehead atoms. The largest absolute Gasteiger partial charge is 0.357 e. The van der Waals surface area contributed by atoms with Gasteiger partial charge in [-0.3, -0.25) is 10.1 Å². The van der Waals surface area contributed by atoms with Crippen LogP contribution in [0.15, 0.2) is 6.33 Å². The summed E-state index contributed by atoms with van der Waals surface area (Å²) in [7, 11) is 0. The lowest BCUT2D eigenvalue weighted by molar-refractivity contribution is -0.384. The first kappa shape index (κ1) is 14.9. The van der Waals surface area contributed by atoms with Crippen LogP contribution >= 0.6 is 0 Å². The quantitative estimate of drug-likeness (QED) is 0.644. The lowest BCUT2D eigenvalue weighted by atomic mass is 10.3. The summed E-state index contributed by atoms with van der Waals surface area (Å²) in [6, 6.07) is 0.0175. The summed E-state index contributed by atoms with van der Waals surface area (Å²) >= 11 is 0. The zero-order valence-electron chi connectivity index (χ0n) is 12.6. The van der Waals surface area contributed by atoms with Gasteiger partial charge in [0.2, 0.25) is 5.82 Å². The summed E-state index contributed by atoms with van der Waals surface area (Å²) in [5.41, 5.74) is 0.402. The molecule has 0 aliphatic heterocycles. The van der Waals surface area contributed by atoms with Crippen LogP contribution in [-0.2, 0) is 13.1 Å². The van der Waals surface area contributed by atoms with Gasteiger partial charge in [-0.2, -0.15) is 5.10 Å². The molecule has 0 aliphatic carbocycles. The zero-order valence-corrected chi connectivity index (χ0v) is 12.6. The molecule has 2 rings (SSSR count). The fourth-order valence-corrected chi connectivity index (χ4v) is 2.14. The molecule has 0 radical (unpaired) electrons. The minimum Gasteiger partial charge on any atom is -0.357 e. The van der Waals surface area contributed by atoms with Crippen molar-refractivity contribution in [2.75, 3.05) is 5.32 Å². The van der Waals surface area contributed by atoms with E-state index in [-0.39, 0.29) is 11.7 Å². The van der Waals surface area contributed by atoms with Crippen molar-refractivity contribution in [3.05, 3.63) is 28.0 Å². The van der Waals surface area contributed by atoms with Crippen molar-refractivity contribution in [1.29, 1.82) is 0 Å². The van der Waals surface area contributed by atoms with Gasteiger partial charge in [-0.05, 0) is 27.7 Å². The Labute approximate surface area is 122 Å². The van der Waals surface area contributed by atoms with Crippen LogP contribution in [0.2, 0.25) is 0 Å². The second kappa shape index (κ2) is 5.90. The van der Waals surface area contributed by atoms with Crippen LogP contribution in [0, 0.1) is 17.0 Å². The van der Waals surface area contributed by atoms with Crippen molar-refractivity contribution in [2.24, 2.45) is 0 Å². The first-order valence-corrected chi connectivity index (χ1v) is 6.79.